The van der Waals surface area contributed by atoms with Crippen molar-refractivity contribution in [1.82, 2.24) is 30.3 Å². The number of nitrogens with one attached hydrogen (secondary N) is 3. The number of hydrogen-bond donors (Lipinski definition) is 3. The Morgan fingerprint density at radius 3 is 2.48 bits per heavy atom. The minimum atomic E-state index is -0.603. The number of carbonyl (C=O) groups excluding carboxylic acids is 1. The zero-order valence-corrected chi connectivity index (χ0v) is 24.8. The molecule has 10 nitrogen and oxygen atoms in total. The van der Waals surface area contributed by atoms with Crippen molar-refractivity contribution >= 4 is 29.0 Å². The highest BCUT2D eigenvalue weighted by atomic mass is 16.7. The second-order valence-electron chi connectivity index (χ2n) is 13.4. The maximum Gasteiger partial charge on any atom is 0.427 e. The standard InChI is InChI=1S/C30H48N8O2/c1-18(2)16-23-10-5-6-15-37(23)29-34-26-24(38(29)17-21-13-11-19(3)12-14-21)25(31-20(4)22-8-7-9-22)32-27(33-26)28-35-30(39)40-36-28/h18-23,28,36H,5-17H2,1-4H3,(H,35,39)(H,31,32,33)/t19?,20-,21?,23-,28?/m1/s1. The van der Waals surface area contributed by atoms with Gasteiger partial charge in [0.25, 0.3) is 0 Å². The van der Waals surface area contributed by atoms with Gasteiger partial charge in [-0.15, -0.1) is 5.48 Å². The first-order valence-electron chi connectivity index (χ1n) is 15.9. The molecule has 220 valence electrons. The third kappa shape index (κ3) is 5.74. The van der Waals surface area contributed by atoms with E-state index in [1.165, 1.54) is 70.6 Å². The van der Waals surface area contributed by atoms with Crippen LogP contribution >= 0.6 is 0 Å². The molecule has 4 aliphatic rings. The van der Waals surface area contributed by atoms with E-state index in [2.05, 4.69) is 53.3 Å². The van der Waals surface area contributed by atoms with E-state index in [0.29, 0.717) is 41.3 Å². The lowest BCUT2D eigenvalue weighted by molar-refractivity contribution is 0.120. The predicted octanol–water partition coefficient (Wildman–Crippen LogP) is 5.90. The van der Waals surface area contributed by atoms with Crippen molar-refractivity contribution in [1.29, 1.82) is 0 Å². The van der Waals surface area contributed by atoms with E-state index < -0.39 is 12.3 Å². The van der Waals surface area contributed by atoms with E-state index in [1.54, 1.807) is 0 Å². The topological polar surface area (TPSA) is 109 Å². The molecule has 10 heteroatoms. The Morgan fingerprint density at radius 2 is 1.80 bits per heavy atom. The van der Waals surface area contributed by atoms with E-state index >= 15 is 0 Å². The summed E-state index contributed by atoms with van der Waals surface area (Å²) >= 11 is 0. The van der Waals surface area contributed by atoms with Crippen molar-refractivity contribution in [3.05, 3.63) is 5.82 Å². The molecule has 2 aliphatic carbocycles. The first-order valence-corrected chi connectivity index (χ1v) is 15.9. The molecule has 1 amide bonds. The molecule has 4 fully saturated rings. The smallest absolute Gasteiger partial charge is 0.365 e. The number of carbonyl (C=O) groups is 1. The van der Waals surface area contributed by atoms with Crippen LogP contribution in [0.2, 0.25) is 0 Å². The predicted molar refractivity (Wildman–Crippen MR) is 157 cm³/mol. The van der Waals surface area contributed by atoms with Gasteiger partial charge in [-0.05, 0) is 82.0 Å². The molecule has 0 radical (unpaired) electrons. The van der Waals surface area contributed by atoms with Gasteiger partial charge in [-0.3, -0.25) is 5.32 Å². The molecule has 3 N–H and O–H groups in total. The van der Waals surface area contributed by atoms with Crippen LogP contribution in [0.3, 0.4) is 0 Å². The molecular formula is C30H48N8O2. The van der Waals surface area contributed by atoms with Crippen LogP contribution in [-0.2, 0) is 11.4 Å². The van der Waals surface area contributed by atoms with Crippen molar-refractivity contribution < 1.29 is 9.63 Å². The lowest BCUT2D eigenvalue weighted by Crippen LogP contribution is -2.42. The fourth-order valence-electron chi connectivity index (χ4n) is 7.17. The van der Waals surface area contributed by atoms with Gasteiger partial charge in [0.2, 0.25) is 5.95 Å². The van der Waals surface area contributed by atoms with Gasteiger partial charge in [-0.2, -0.15) is 4.98 Å². The van der Waals surface area contributed by atoms with E-state index in [9.17, 15) is 4.79 Å². The molecule has 2 aliphatic heterocycles. The van der Waals surface area contributed by atoms with Crippen molar-refractivity contribution in [2.75, 3.05) is 16.8 Å². The first-order chi connectivity index (χ1) is 19.4. The third-order valence-electron chi connectivity index (χ3n) is 9.82. The lowest BCUT2D eigenvalue weighted by atomic mass is 9.80. The summed E-state index contributed by atoms with van der Waals surface area (Å²) in [6.45, 7) is 11.3. The van der Waals surface area contributed by atoms with E-state index in [1.807, 2.05) is 0 Å². The number of anilines is 2. The van der Waals surface area contributed by atoms with Gasteiger partial charge in [0.1, 0.15) is 5.52 Å². The molecule has 6 rings (SSSR count). The highest BCUT2D eigenvalue weighted by molar-refractivity contribution is 5.86. The second-order valence-corrected chi connectivity index (χ2v) is 13.4. The number of fused-ring (bicyclic) bond motifs is 1. The zero-order chi connectivity index (χ0) is 27.8. The average molecular weight is 553 g/mol. The SMILES string of the molecule is CC(C)C[C@H]1CCCCN1c1nc2nc(C3NOC(=O)N3)nc(N[C@H](C)C3CCC3)c2n1CC1CCC(C)CC1. The van der Waals surface area contributed by atoms with Crippen LogP contribution in [0, 0.1) is 23.7 Å². The zero-order valence-electron chi connectivity index (χ0n) is 24.8. The molecule has 2 saturated heterocycles. The largest absolute Gasteiger partial charge is 0.427 e. The van der Waals surface area contributed by atoms with Crippen LogP contribution in [0.25, 0.3) is 11.2 Å². The molecule has 3 atom stereocenters. The molecule has 1 unspecified atom stereocenters. The Bertz CT molecular complexity index is 1190. The Kier molecular flexibility index (Phi) is 8.06. The fourth-order valence-corrected chi connectivity index (χ4v) is 7.17. The molecule has 4 heterocycles. The summed E-state index contributed by atoms with van der Waals surface area (Å²) in [6.07, 6.45) is 12.6. The Hall–Kier alpha value is -2.62. The van der Waals surface area contributed by atoms with Crippen molar-refractivity contribution in [2.45, 2.75) is 123 Å². The summed E-state index contributed by atoms with van der Waals surface area (Å²) in [5.74, 6) is 5.06. The van der Waals surface area contributed by atoms with Crippen LogP contribution in [0.5, 0.6) is 0 Å². The van der Waals surface area contributed by atoms with Gasteiger partial charge in [0, 0.05) is 25.2 Å². The summed E-state index contributed by atoms with van der Waals surface area (Å²) in [7, 11) is 0. The molecular weight excluding hydrogens is 504 g/mol. The monoisotopic (exact) mass is 552 g/mol. The highest BCUT2D eigenvalue weighted by Crippen LogP contribution is 2.38. The highest BCUT2D eigenvalue weighted by Gasteiger charge is 2.34. The first kappa shape index (κ1) is 27.5. The summed E-state index contributed by atoms with van der Waals surface area (Å²) in [5, 5.41) is 6.57. The lowest BCUT2D eigenvalue weighted by Gasteiger charge is -2.38. The summed E-state index contributed by atoms with van der Waals surface area (Å²) < 4.78 is 2.46. The summed E-state index contributed by atoms with van der Waals surface area (Å²) in [4.78, 5) is 34.6. The van der Waals surface area contributed by atoms with Crippen LogP contribution in [0.1, 0.15) is 110 Å². The summed E-state index contributed by atoms with van der Waals surface area (Å²) in [5.41, 5.74) is 4.44. The van der Waals surface area contributed by atoms with Gasteiger partial charge < -0.3 is 19.6 Å². The van der Waals surface area contributed by atoms with E-state index in [0.717, 1.165) is 36.3 Å². The number of piperidine rings is 1. The Morgan fingerprint density at radius 1 is 1.00 bits per heavy atom. The maximum absolute atomic E-state index is 11.8. The average Bonchev–Trinajstić information content (AvgIpc) is 3.48. The number of imidazole rings is 1. The Labute approximate surface area is 238 Å². The fraction of sp³-hybridized carbons (Fsp3) is 0.800. The molecule has 2 aromatic rings. The second kappa shape index (κ2) is 11.7. The number of hydroxylamine groups is 1. The van der Waals surface area contributed by atoms with E-state index in [4.69, 9.17) is 19.8 Å². The normalized spacial score (nSPS) is 28.4. The number of amides is 1. The van der Waals surface area contributed by atoms with Crippen LogP contribution < -0.4 is 21.0 Å². The number of rotatable bonds is 9. The molecule has 0 spiro atoms. The number of nitrogens with zero attached hydrogens (tertiary/aromatic N) is 5. The van der Waals surface area contributed by atoms with Crippen LogP contribution in [-0.4, -0.2) is 44.2 Å². The maximum atomic E-state index is 11.8. The Balaban J connectivity index is 1.45. The molecule has 0 aromatic carbocycles. The van der Waals surface area contributed by atoms with Crippen molar-refractivity contribution in [3.63, 3.8) is 0 Å². The molecule has 40 heavy (non-hydrogen) atoms. The summed E-state index contributed by atoms with van der Waals surface area (Å²) in [6, 6.07) is 0.783. The molecule has 2 saturated carbocycles. The van der Waals surface area contributed by atoms with Gasteiger partial charge in [-0.1, -0.05) is 40.0 Å². The minimum Gasteiger partial charge on any atom is -0.365 e. The number of hydrogen-bond acceptors (Lipinski definition) is 8. The molecule has 2 aromatic heterocycles. The van der Waals surface area contributed by atoms with E-state index in [-0.39, 0.29) is 0 Å². The van der Waals surface area contributed by atoms with Gasteiger partial charge in [0.05, 0.1) is 0 Å². The van der Waals surface area contributed by atoms with Gasteiger partial charge >= 0.3 is 6.09 Å². The minimum absolute atomic E-state index is 0.299. The quantitative estimate of drug-likeness (QED) is 0.353. The van der Waals surface area contributed by atoms with Crippen molar-refractivity contribution in [2.24, 2.45) is 23.7 Å². The number of aromatic nitrogens is 4. The third-order valence-corrected chi connectivity index (χ3v) is 9.82. The van der Waals surface area contributed by atoms with Gasteiger partial charge in [-0.25, -0.2) is 14.8 Å². The van der Waals surface area contributed by atoms with Gasteiger partial charge in [0.15, 0.2) is 23.5 Å². The molecule has 0 bridgehead atoms. The van der Waals surface area contributed by atoms with Crippen LogP contribution in [0.4, 0.5) is 16.6 Å². The van der Waals surface area contributed by atoms with Crippen LogP contribution in [0.15, 0.2) is 0 Å². The van der Waals surface area contributed by atoms with Crippen molar-refractivity contribution in [3.8, 4) is 0 Å².